The first-order valence-electron chi connectivity index (χ1n) is 7.79. The average Bonchev–Trinajstić information content (AvgIpc) is 2.98. The second-order valence-electron chi connectivity index (χ2n) is 5.79. The zero-order valence-corrected chi connectivity index (χ0v) is 13.9. The number of halogens is 3. The van der Waals surface area contributed by atoms with Gasteiger partial charge in [-0.25, -0.2) is 4.98 Å². The minimum Gasteiger partial charge on any atom is -0.468 e. The van der Waals surface area contributed by atoms with Crippen molar-refractivity contribution in [3.8, 4) is 5.88 Å². The van der Waals surface area contributed by atoms with Gasteiger partial charge in [0.25, 0.3) is 5.91 Å². The highest BCUT2D eigenvalue weighted by Crippen LogP contribution is 2.18. The third-order valence-electron chi connectivity index (χ3n) is 3.78. The van der Waals surface area contributed by atoms with E-state index in [1.807, 2.05) is 42.1 Å². The van der Waals surface area contributed by atoms with Crippen LogP contribution in [0.3, 0.4) is 0 Å². The smallest absolute Gasteiger partial charge is 0.422 e. The van der Waals surface area contributed by atoms with Crippen LogP contribution in [0.2, 0.25) is 0 Å². The first-order valence-corrected chi connectivity index (χ1v) is 7.79. The molecule has 1 N–H and O–H groups in total. The highest BCUT2D eigenvalue weighted by Gasteiger charge is 2.28. The van der Waals surface area contributed by atoms with Crippen molar-refractivity contribution in [2.24, 2.45) is 7.05 Å². The Hall–Kier alpha value is -3.03. The molecule has 0 saturated carbocycles. The van der Waals surface area contributed by atoms with E-state index in [9.17, 15) is 18.0 Å². The Kier molecular flexibility index (Phi) is 4.83. The van der Waals surface area contributed by atoms with Gasteiger partial charge in [0, 0.05) is 37.6 Å². The molecule has 0 unspecified atom stereocenters. The van der Waals surface area contributed by atoms with E-state index in [4.69, 9.17) is 0 Å². The number of amides is 1. The predicted molar refractivity (Wildman–Crippen MR) is 89.9 cm³/mol. The van der Waals surface area contributed by atoms with E-state index in [1.165, 1.54) is 18.3 Å². The molecule has 0 fully saturated rings. The van der Waals surface area contributed by atoms with Crippen LogP contribution in [0.5, 0.6) is 5.88 Å². The van der Waals surface area contributed by atoms with Crippen LogP contribution in [-0.4, -0.2) is 28.2 Å². The Morgan fingerprint density at radius 3 is 2.73 bits per heavy atom. The molecule has 0 saturated heterocycles. The Labute approximate surface area is 147 Å². The second-order valence-corrected chi connectivity index (χ2v) is 5.79. The average molecular weight is 363 g/mol. The summed E-state index contributed by atoms with van der Waals surface area (Å²) < 4.78 is 42.8. The Morgan fingerprint density at radius 2 is 2.04 bits per heavy atom. The van der Waals surface area contributed by atoms with Crippen LogP contribution in [-0.2, 0) is 13.6 Å². The molecule has 5 nitrogen and oxygen atoms in total. The molecule has 2 aromatic heterocycles. The number of pyridine rings is 1. The second kappa shape index (κ2) is 7.07. The maximum Gasteiger partial charge on any atom is 0.422 e. The van der Waals surface area contributed by atoms with E-state index in [2.05, 4.69) is 15.0 Å². The maximum atomic E-state index is 12.1. The Balaban J connectivity index is 1.58. The van der Waals surface area contributed by atoms with E-state index in [0.717, 1.165) is 16.5 Å². The number of hydrogen-bond acceptors (Lipinski definition) is 3. The molecule has 0 atom stereocenters. The number of fused-ring (bicyclic) bond motifs is 1. The van der Waals surface area contributed by atoms with Crippen molar-refractivity contribution in [2.75, 3.05) is 6.61 Å². The lowest BCUT2D eigenvalue weighted by molar-refractivity contribution is -0.154. The highest BCUT2D eigenvalue weighted by molar-refractivity contribution is 5.94. The van der Waals surface area contributed by atoms with Gasteiger partial charge >= 0.3 is 6.18 Å². The Morgan fingerprint density at radius 1 is 1.23 bits per heavy atom. The van der Waals surface area contributed by atoms with Crippen LogP contribution in [0.4, 0.5) is 13.2 Å². The lowest BCUT2D eigenvalue weighted by Gasteiger charge is -2.09. The molecule has 0 spiro atoms. The first-order chi connectivity index (χ1) is 12.3. The van der Waals surface area contributed by atoms with E-state index in [0.29, 0.717) is 6.54 Å². The number of carbonyl (C=O) groups is 1. The summed E-state index contributed by atoms with van der Waals surface area (Å²) in [5.74, 6) is -0.554. The summed E-state index contributed by atoms with van der Waals surface area (Å²) in [6, 6.07) is 10.5. The molecule has 26 heavy (non-hydrogen) atoms. The van der Waals surface area contributed by atoms with Gasteiger partial charge in [-0.3, -0.25) is 4.79 Å². The van der Waals surface area contributed by atoms with Crippen LogP contribution >= 0.6 is 0 Å². The van der Waals surface area contributed by atoms with Crippen molar-refractivity contribution < 1.29 is 22.7 Å². The number of nitrogens with one attached hydrogen (secondary N) is 1. The van der Waals surface area contributed by atoms with Gasteiger partial charge in [-0.05, 0) is 35.2 Å². The van der Waals surface area contributed by atoms with E-state index >= 15 is 0 Å². The standard InChI is InChI=1S/C18H16F3N3O2/c1-24-7-6-13-8-12(2-4-15(13)24)9-23-17(25)14-3-5-16(22-10-14)26-11-18(19,20)21/h2-8,10H,9,11H2,1H3,(H,23,25). The molecular weight excluding hydrogens is 347 g/mol. The summed E-state index contributed by atoms with van der Waals surface area (Å²) >= 11 is 0. The van der Waals surface area contributed by atoms with Crippen molar-refractivity contribution in [3.05, 3.63) is 59.9 Å². The predicted octanol–water partition coefficient (Wildman–Crippen LogP) is 3.44. The SMILES string of the molecule is Cn1ccc2cc(CNC(=O)c3ccc(OCC(F)(F)F)nc3)ccc21. The number of nitrogens with zero attached hydrogens (tertiary/aromatic N) is 2. The molecule has 0 aliphatic carbocycles. The summed E-state index contributed by atoms with van der Waals surface area (Å²) in [5, 5.41) is 3.83. The molecular formula is C18H16F3N3O2. The van der Waals surface area contributed by atoms with Gasteiger partial charge in [0.05, 0.1) is 5.56 Å². The summed E-state index contributed by atoms with van der Waals surface area (Å²) in [7, 11) is 1.96. The fraction of sp³-hybridized carbons (Fsp3) is 0.222. The number of rotatable bonds is 5. The quantitative estimate of drug-likeness (QED) is 0.756. The summed E-state index contributed by atoms with van der Waals surface area (Å²) in [6.45, 7) is -1.09. The lowest BCUT2D eigenvalue weighted by Crippen LogP contribution is -2.23. The van der Waals surface area contributed by atoms with Gasteiger partial charge < -0.3 is 14.6 Å². The number of ether oxygens (including phenoxy) is 1. The van der Waals surface area contributed by atoms with Gasteiger partial charge in [-0.1, -0.05) is 6.07 Å². The minimum atomic E-state index is -4.43. The van der Waals surface area contributed by atoms with Gasteiger partial charge in [0.2, 0.25) is 5.88 Å². The Bertz CT molecular complexity index is 918. The largest absolute Gasteiger partial charge is 0.468 e. The highest BCUT2D eigenvalue weighted by atomic mass is 19.4. The van der Waals surface area contributed by atoms with E-state index < -0.39 is 12.8 Å². The number of aromatic nitrogens is 2. The minimum absolute atomic E-state index is 0.187. The molecule has 3 aromatic rings. The number of benzene rings is 1. The number of alkyl halides is 3. The maximum absolute atomic E-state index is 12.1. The van der Waals surface area contributed by atoms with Crippen molar-refractivity contribution in [1.29, 1.82) is 0 Å². The zero-order valence-electron chi connectivity index (χ0n) is 13.9. The van der Waals surface area contributed by atoms with E-state index in [1.54, 1.807) is 0 Å². The molecule has 3 rings (SSSR count). The summed E-state index contributed by atoms with van der Waals surface area (Å²) in [5.41, 5.74) is 2.28. The molecule has 2 heterocycles. The van der Waals surface area contributed by atoms with Gasteiger partial charge in [0.1, 0.15) is 0 Å². The first kappa shape index (κ1) is 17.8. The van der Waals surface area contributed by atoms with Gasteiger partial charge in [-0.15, -0.1) is 0 Å². The number of carbonyl (C=O) groups excluding carboxylic acids is 1. The van der Waals surface area contributed by atoms with Crippen molar-refractivity contribution in [1.82, 2.24) is 14.9 Å². The third-order valence-corrected chi connectivity index (χ3v) is 3.78. The summed E-state index contributed by atoms with van der Waals surface area (Å²) in [6.07, 6.45) is -1.29. The molecule has 0 aliphatic heterocycles. The van der Waals surface area contributed by atoms with Crippen molar-refractivity contribution in [3.63, 3.8) is 0 Å². The topological polar surface area (TPSA) is 56.2 Å². The van der Waals surface area contributed by atoms with Gasteiger partial charge in [-0.2, -0.15) is 13.2 Å². The fourth-order valence-electron chi connectivity index (χ4n) is 2.48. The van der Waals surface area contributed by atoms with Crippen LogP contribution in [0.25, 0.3) is 10.9 Å². The number of aryl methyl sites for hydroxylation is 1. The molecule has 0 radical (unpaired) electrons. The number of hydrogen-bond donors (Lipinski definition) is 1. The van der Waals surface area contributed by atoms with Crippen LogP contribution in [0.15, 0.2) is 48.8 Å². The molecule has 1 amide bonds. The van der Waals surface area contributed by atoms with Crippen LogP contribution < -0.4 is 10.1 Å². The van der Waals surface area contributed by atoms with E-state index in [-0.39, 0.29) is 17.4 Å². The van der Waals surface area contributed by atoms with Crippen molar-refractivity contribution in [2.45, 2.75) is 12.7 Å². The monoisotopic (exact) mass is 363 g/mol. The van der Waals surface area contributed by atoms with Crippen LogP contribution in [0, 0.1) is 0 Å². The van der Waals surface area contributed by atoms with Gasteiger partial charge in [0.15, 0.2) is 6.61 Å². The molecule has 136 valence electrons. The summed E-state index contributed by atoms with van der Waals surface area (Å²) in [4.78, 5) is 15.9. The molecule has 0 aliphatic rings. The third kappa shape index (κ3) is 4.33. The van der Waals surface area contributed by atoms with Crippen LogP contribution in [0.1, 0.15) is 15.9 Å². The molecule has 1 aromatic carbocycles. The lowest BCUT2D eigenvalue weighted by atomic mass is 10.1. The normalized spacial score (nSPS) is 11.5. The zero-order chi connectivity index (χ0) is 18.7. The molecule has 8 heteroatoms. The van der Waals surface area contributed by atoms with Crippen molar-refractivity contribution >= 4 is 16.8 Å². The fourth-order valence-corrected chi connectivity index (χ4v) is 2.48. The molecule has 0 bridgehead atoms.